The van der Waals surface area contributed by atoms with Crippen LogP contribution >= 0.6 is 12.4 Å². The summed E-state index contributed by atoms with van der Waals surface area (Å²) < 4.78 is 0. The first kappa shape index (κ1) is 9.52. The number of oxime groups is 1. The fraction of sp³-hybridized carbons (Fsp3) is 0. The summed E-state index contributed by atoms with van der Waals surface area (Å²) in [6, 6.07) is 0. The van der Waals surface area contributed by atoms with Gasteiger partial charge in [-0.1, -0.05) is 5.16 Å². The maximum absolute atomic E-state index is 9.51. The predicted octanol–water partition coefficient (Wildman–Crippen LogP) is -0.647. The van der Waals surface area contributed by atoms with Gasteiger partial charge in [0.15, 0.2) is 0 Å². The van der Waals surface area contributed by atoms with E-state index in [2.05, 4.69) is 10.9 Å². The van der Waals surface area contributed by atoms with Crippen LogP contribution in [0.1, 0.15) is 0 Å². The van der Waals surface area contributed by atoms with Gasteiger partial charge in [-0.25, -0.2) is 0 Å². The topological polar surface area (TPSA) is 75.7 Å². The lowest BCUT2D eigenvalue weighted by Crippen LogP contribution is -2.10. The lowest BCUT2D eigenvalue weighted by atomic mass is 10.7. The molecule has 0 atom stereocenters. The van der Waals surface area contributed by atoms with Gasteiger partial charge in [0.05, 0.1) is 0 Å². The molecule has 0 saturated heterocycles. The molecule has 0 saturated carbocycles. The van der Waals surface area contributed by atoms with E-state index >= 15 is 0 Å². The van der Waals surface area contributed by atoms with Crippen LogP contribution in [0, 0.1) is 0 Å². The highest BCUT2D eigenvalue weighted by Gasteiger charge is 1.77. The van der Waals surface area contributed by atoms with Crippen LogP contribution in [0.3, 0.4) is 0 Å². The predicted molar refractivity (Wildman–Crippen MR) is 26.7 cm³/mol. The van der Waals surface area contributed by atoms with Crippen molar-refractivity contribution >= 4 is 24.5 Å². The molecule has 0 aliphatic carbocycles. The third kappa shape index (κ3) is 11.0. The van der Waals surface area contributed by atoms with Gasteiger partial charge < -0.3 is 10.9 Å². The van der Waals surface area contributed by atoms with Crippen molar-refractivity contribution in [2.24, 2.45) is 10.9 Å². The molecule has 0 aliphatic heterocycles. The number of nitrogens with zero attached hydrogens (tertiary/aromatic N) is 1. The molecule has 7 heavy (non-hydrogen) atoms. The Kier molecular flexibility index (Phi) is 7.12. The van der Waals surface area contributed by atoms with Crippen molar-refractivity contribution in [1.29, 1.82) is 0 Å². The van der Waals surface area contributed by atoms with E-state index in [4.69, 9.17) is 5.21 Å². The third-order valence-electron chi connectivity index (χ3n) is 0.185. The van der Waals surface area contributed by atoms with Crippen LogP contribution in [0.15, 0.2) is 5.16 Å². The summed E-state index contributed by atoms with van der Waals surface area (Å²) in [5, 5.41) is 9.84. The Morgan fingerprint density at radius 1 is 1.86 bits per heavy atom. The molecule has 0 aromatic rings. The number of carbonyl (C=O) groups is 1. The van der Waals surface area contributed by atoms with E-state index in [1.54, 1.807) is 0 Å². The number of nitrogens with two attached hydrogens (primary N) is 1. The first-order chi connectivity index (χ1) is 2.77. The van der Waals surface area contributed by atoms with Crippen LogP contribution in [0.2, 0.25) is 0 Å². The molecule has 0 aromatic heterocycles. The summed E-state index contributed by atoms with van der Waals surface area (Å²) in [5.41, 5.74) is 4.45. The van der Waals surface area contributed by atoms with Gasteiger partial charge in [0.25, 0.3) is 5.91 Å². The van der Waals surface area contributed by atoms with Crippen molar-refractivity contribution in [2.45, 2.75) is 0 Å². The molecule has 5 heteroatoms. The SMILES string of the molecule is Cl.NC(=O)C=NO. The Bertz CT molecular complexity index is 81.8. The average Bonchev–Trinajstić information content (AvgIpc) is 1.35. The van der Waals surface area contributed by atoms with Gasteiger partial charge in [0, 0.05) is 0 Å². The Labute approximate surface area is 46.4 Å². The second-order valence-electron chi connectivity index (χ2n) is 0.647. The molecule has 0 fully saturated rings. The fourth-order valence-corrected chi connectivity index (χ4v) is 0.0569. The second kappa shape index (κ2) is 5.23. The summed E-state index contributed by atoms with van der Waals surface area (Å²) in [5.74, 6) is -0.752. The molecule has 3 N–H and O–H groups in total. The molecule has 0 unspecified atom stereocenters. The third-order valence-corrected chi connectivity index (χ3v) is 0.185. The highest BCUT2D eigenvalue weighted by atomic mass is 35.5. The minimum atomic E-state index is -0.752. The molecule has 0 heterocycles. The largest absolute Gasteiger partial charge is 0.411 e. The molecule has 0 rings (SSSR count). The number of amides is 1. The molecule has 0 radical (unpaired) electrons. The Hall–Kier alpha value is -0.770. The van der Waals surface area contributed by atoms with Gasteiger partial charge in [0.1, 0.15) is 6.21 Å². The van der Waals surface area contributed by atoms with Gasteiger partial charge in [-0.2, -0.15) is 0 Å². The van der Waals surface area contributed by atoms with Gasteiger partial charge in [-0.05, 0) is 0 Å². The summed E-state index contributed by atoms with van der Waals surface area (Å²) in [6.45, 7) is 0. The molecule has 0 bridgehead atoms. The standard InChI is InChI=1S/C2H4N2O2.ClH/c3-2(5)1-4-6;/h1,6H,(H2,3,5);1H. The number of halogens is 1. The van der Waals surface area contributed by atoms with Crippen LogP contribution in [0.4, 0.5) is 0 Å². The molecular formula is C2H5ClN2O2. The van der Waals surface area contributed by atoms with Crippen molar-refractivity contribution in [3.05, 3.63) is 0 Å². The van der Waals surface area contributed by atoms with Crippen molar-refractivity contribution in [1.82, 2.24) is 0 Å². The first-order valence-electron chi connectivity index (χ1n) is 1.24. The molecule has 42 valence electrons. The Balaban J connectivity index is 0. The Morgan fingerprint density at radius 2 is 2.29 bits per heavy atom. The number of carbonyl (C=O) groups excluding carboxylic acids is 1. The zero-order valence-corrected chi connectivity index (χ0v) is 4.18. The van der Waals surface area contributed by atoms with Crippen LogP contribution < -0.4 is 5.73 Å². The lowest BCUT2D eigenvalue weighted by Gasteiger charge is -1.68. The van der Waals surface area contributed by atoms with Crippen LogP contribution in [0.5, 0.6) is 0 Å². The molecule has 0 aliphatic rings. The monoisotopic (exact) mass is 124 g/mol. The van der Waals surface area contributed by atoms with Gasteiger partial charge >= 0.3 is 0 Å². The Morgan fingerprint density at radius 3 is 2.29 bits per heavy atom. The van der Waals surface area contributed by atoms with Gasteiger partial charge in [-0.3, -0.25) is 4.79 Å². The number of hydrogen-bond acceptors (Lipinski definition) is 3. The van der Waals surface area contributed by atoms with Crippen LogP contribution in [-0.4, -0.2) is 17.3 Å². The minimum Gasteiger partial charge on any atom is -0.411 e. The number of primary amides is 1. The van der Waals surface area contributed by atoms with E-state index in [1.165, 1.54) is 0 Å². The minimum absolute atomic E-state index is 0. The maximum Gasteiger partial charge on any atom is 0.263 e. The second-order valence-corrected chi connectivity index (χ2v) is 0.647. The number of rotatable bonds is 1. The molecular weight excluding hydrogens is 119 g/mol. The fourth-order valence-electron chi connectivity index (χ4n) is 0.0569. The summed E-state index contributed by atoms with van der Waals surface area (Å²) in [4.78, 5) is 9.51. The van der Waals surface area contributed by atoms with E-state index in [1.807, 2.05) is 0 Å². The summed E-state index contributed by atoms with van der Waals surface area (Å²) in [7, 11) is 0. The van der Waals surface area contributed by atoms with Gasteiger partial charge in [0.2, 0.25) is 0 Å². The normalized spacial score (nSPS) is 8.00. The van der Waals surface area contributed by atoms with Crippen LogP contribution in [-0.2, 0) is 4.79 Å². The van der Waals surface area contributed by atoms with E-state index in [9.17, 15) is 4.79 Å². The van der Waals surface area contributed by atoms with E-state index in [0.29, 0.717) is 6.21 Å². The summed E-state index contributed by atoms with van der Waals surface area (Å²) >= 11 is 0. The molecule has 0 aromatic carbocycles. The van der Waals surface area contributed by atoms with E-state index in [0.717, 1.165) is 0 Å². The number of hydrogen-bond donors (Lipinski definition) is 2. The average molecular weight is 125 g/mol. The van der Waals surface area contributed by atoms with Crippen molar-refractivity contribution in [2.75, 3.05) is 0 Å². The molecule has 4 nitrogen and oxygen atoms in total. The quantitative estimate of drug-likeness (QED) is 0.277. The van der Waals surface area contributed by atoms with E-state index < -0.39 is 5.91 Å². The van der Waals surface area contributed by atoms with E-state index in [-0.39, 0.29) is 12.4 Å². The van der Waals surface area contributed by atoms with Crippen LogP contribution in [0.25, 0.3) is 0 Å². The van der Waals surface area contributed by atoms with Crippen molar-refractivity contribution < 1.29 is 10.0 Å². The molecule has 1 amide bonds. The lowest BCUT2D eigenvalue weighted by molar-refractivity contribution is -0.111. The summed E-state index contributed by atoms with van der Waals surface area (Å²) in [6.07, 6.45) is 0.611. The molecule has 0 spiro atoms. The highest BCUT2D eigenvalue weighted by molar-refractivity contribution is 6.25. The first-order valence-corrected chi connectivity index (χ1v) is 1.24. The highest BCUT2D eigenvalue weighted by Crippen LogP contribution is 1.45. The van der Waals surface area contributed by atoms with Crippen molar-refractivity contribution in [3.8, 4) is 0 Å². The zero-order chi connectivity index (χ0) is 4.99. The van der Waals surface area contributed by atoms with Gasteiger partial charge in [-0.15, -0.1) is 12.4 Å². The maximum atomic E-state index is 9.51. The zero-order valence-electron chi connectivity index (χ0n) is 3.37. The smallest absolute Gasteiger partial charge is 0.263 e. The van der Waals surface area contributed by atoms with Crippen molar-refractivity contribution in [3.63, 3.8) is 0 Å².